The van der Waals surface area contributed by atoms with Crippen molar-refractivity contribution >= 4 is 23.6 Å². The fourth-order valence-electron chi connectivity index (χ4n) is 3.25. The number of hydrogen-bond donors (Lipinski definition) is 1. The van der Waals surface area contributed by atoms with E-state index in [1.165, 1.54) is 0 Å². The Kier molecular flexibility index (Phi) is 4.53. The zero-order valence-electron chi connectivity index (χ0n) is 13.5. The second-order valence-corrected chi connectivity index (χ2v) is 7.66. The highest BCUT2D eigenvalue weighted by molar-refractivity contribution is 8.01. The highest BCUT2D eigenvalue weighted by atomic mass is 32.2. The van der Waals surface area contributed by atoms with Crippen molar-refractivity contribution in [2.45, 2.75) is 37.1 Å². The highest BCUT2D eigenvalue weighted by Gasteiger charge is 2.52. The molecular formula is C17H22N2O3S. The van der Waals surface area contributed by atoms with E-state index in [4.69, 9.17) is 4.74 Å². The lowest BCUT2D eigenvalue weighted by Gasteiger charge is -2.29. The summed E-state index contributed by atoms with van der Waals surface area (Å²) in [5.41, 5.74) is 1.15. The fraction of sp³-hybridized carbons (Fsp3) is 0.529. The van der Waals surface area contributed by atoms with E-state index in [0.717, 1.165) is 24.2 Å². The molecule has 3 rings (SSSR count). The standard InChI is InChI=1S/C17H22N2O3S/c1-17-9-7-15(20)19(17)14(11-23-17)16(21)18-10-8-12-3-5-13(22-2)6-4-12/h3-6,14H,7-11H2,1-2H3,(H,18,21)/t14-,17+/m1/s1. The van der Waals surface area contributed by atoms with Crippen LogP contribution in [-0.2, 0) is 16.0 Å². The zero-order valence-corrected chi connectivity index (χ0v) is 14.3. The molecule has 6 heteroatoms. The molecule has 23 heavy (non-hydrogen) atoms. The van der Waals surface area contributed by atoms with E-state index in [0.29, 0.717) is 18.7 Å². The number of rotatable bonds is 5. The first-order valence-electron chi connectivity index (χ1n) is 7.90. The molecule has 0 aliphatic carbocycles. The molecule has 2 aliphatic heterocycles. The van der Waals surface area contributed by atoms with Crippen LogP contribution in [0.1, 0.15) is 25.3 Å². The average Bonchev–Trinajstić information content (AvgIpc) is 3.04. The van der Waals surface area contributed by atoms with Gasteiger partial charge in [0, 0.05) is 18.7 Å². The average molecular weight is 334 g/mol. The van der Waals surface area contributed by atoms with Crippen molar-refractivity contribution in [3.05, 3.63) is 29.8 Å². The fourth-order valence-corrected chi connectivity index (χ4v) is 4.69. The van der Waals surface area contributed by atoms with E-state index in [-0.39, 0.29) is 22.7 Å². The van der Waals surface area contributed by atoms with Crippen LogP contribution in [-0.4, -0.2) is 47.0 Å². The van der Waals surface area contributed by atoms with Crippen LogP contribution in [0.4, 0.5) is 0 Å². The van der Waals surface area contributed by atoms with Gasteiger partial charge in [0.15, 0.2) is 0 Å². The normalized spacial score (nSPS) is 26.3. The van der Waals surface area contributed by atoms with Gasteiger partial charge in [-0.1, -0.05) is 12.1 Å². The third kappa shape index (κ3) is 3.17. The third-order valence-electron chi connectivity index (χ3n) is 4.62. The van der Waals surface area contributed by atoms with Gasteiger partial charge >= 0.3 is 0 Å². The van der Waals surface area contributed by atoms with Crippen LogP contribution in [0, 0.1) is 0 Å². The summed E-state index contributed by atoms with van der Waals surface area (Å²) in [5.74, 6) is 1.58. The Morgan fingerprint density at radius 2 is 2.17 bits per heavy atom. The minimum absolute atomic E-state index is 0.0370. The molecule has 2 aliphatic rings. The molecule has 0 spiro atoms. The van der Waals surface area contributed by atoms with Crippen LogP contribution in [0.5, 0.6) is 5.75 Å². The summed E-state index contributed by atoms with van der Waals surface area (Å²) < 4.78 is 5.13. The Bertz CT molecular complexity index is 604. The van der Waals surface area contributed by atoms with Crippen molar-refractivity contribution in [3.63, 3.8) is 0 Å². The first kappa shape index (κ1) is 16.2. The Labute approximate surface area is 140 Å². The van der Waals surface area contributed by atoms with Gasteiger partial charge < -0.3 is 15.0 Å². The van der Waals surface area contributed by atoms with E-state index in [1.807, 2.05) is 24.3 Å². The number of carbonyl (C=O) groups excluding carboxylic acids is 2. The predicted molar refractivity (Wildman–Crippen MR) is 90.4 cm³/mol. The number of carbonyl (C=O) groups is 2. The monoisotopic (exact) mass is 334 g/mol. The largest absolute Gasteiger partial charge is 0.497 e. The van der Waals surface area contributed by atoms with E-state index < -0.39 is 0 Å². The number of fused-ring (bicyclic) bond motifs is 1. The zero-order chi connectivity index (χ0) is 16.4. The molecule has 2 atom stereocenters. The van der Waals surface area contributed by atoms with Crippen molar-refractivity contribution in [1.82, 2.24) is 10.2 Å². The SMILES string of the molecule is COc1ccc(CCNC(=O)[C@H]2CS[C@@]3(C)CCC(=O)N23)cc1. The van der Waals surface area contributed by atoms with Crippen molar-refractivity contribution in [1.29, 1.82) is 0 Å². The van der Waals surface area contributed by atoms with Gasteiger partial charge in [-0.15, -0.1) is 11.8 Å². The summed E-state index contributed by atoms with van der Waals surface area (Å²) in [6.07, 6.45) is 2.16. The van der Waals surface area contributed by atoms with Crippen LogP contribution in [0.3, 0.4) is 0 Å². The third-order valence-corrected chi connectivity index (χ3v) is 6.12. The summed E-state index contributed by atoms with van der Waals surface area (Å²) >= 11 is 1.72. The Morgan fingerprint density at radius 3 is 2.87 bits per heavy atom. The lowest BCUT2D eigenvalue weighted by atomic mass is 10.1. The Morgan fingerprint density at radius 1 is 1.43 bits per heavy atom. The Balaban J connectivity index is 1.52. The maximum absolute atomic E-state index is 12.4. The van der Waals surface area contributed by atoms with E-state index in [1.54, 1.807) is 23.8 Å². The first-order valence-corrected chi connectivity index (χ1v) is 8.89. The van der Waals surface area contributed by atoms with Gasteiger partial charge in [-0.2, -0.15) is 0 Å². The molecule has 2 saturated heterocycles. The van der Waals surface area contributed by atoms with E-state index >= 15 is 0 Å². The molecule has 2 amide bonds. The second kappa shape index (κ2) is 6.43. The minimum Gasteiger partial charge on any atom is -0.497 e. The molecule has 1 aromatic rings. The van der Waals surface area contributed by atoms with E-state index in [9.17, 15) is 9.59 Å². The number of nitrogens with one attached hydrogen (secondary N) is 1. The lowest BCUT2D eigenvalue weighted by Crippen LogP contribution is -2.50. The number of thioether (sulfide) groups is 1. The molecule has 0 radical (unpaired) electrons. The van der Waals surface area contributed by atoms with Crippen molar-refractivity contribution in [2.75, 3.05) is 19.4 Å². The number of methoxy groups -OCH3 is 1. The molecule has 0 saturated carbocycles. The van der Waals surface area contributed by atoms with Crippen molar-refractivity contribution in [2.24, 2.45) is 0 Å². The highest BCUT2D eigenvalue weighted by Crippen LogP contribution is 2.47. The quantitative estimate of drug-likeness (QED) is 0.892. The number of hydrogen-bond acceptors (Lipinski definition) is 4. The second-order valence-electron chi connectivity index (χ2n) is 6.15. The first-order chi connectivity index (χ1) is 11.0. The van der Waals surface area contributed by atoms with Gasteiger partial charge in [0.1, 0.15) is 11.8 Å². The van der Waals surface area contributed by atoms with Crippen LogP contribution in [0.15, 0.2) is 24.3 Å². The van der Waals surface area contributed by atoms with Gasteiger partial charge in [0.2, 0.25) is 11.8 Å². The Hall–Kier alpha value is -1.69. The molecule has 5 nitrogen and oxygen atoms in total. The molecule has 0 unspecified atom stereocenters. The maximum Gasteiger partial charge on any atom is 0.243 e. The molecular weight excluding hydrogens is 312 g/mol. The summed E-state index contributed by atoms with van der Waals surface area (Å²) in [4.78, 5) is 26.1. The smallest absolute Gasteiger partial charge is 0.243 e. The van der Waals surface area contributed by atoms with Crippen molar-refractivity contribution in [3.8, 4) is 5.75 Å². The summed E-state index contributed by atoms with van der Waals surface area (Å²) in [5, 5.41) is 2.97. The van der Waals surface area contributed by atoms with Crippen molar-refractivity contribution < 1.29 is 14.3 Å². The molecule has 2 heterocycles. The maximum atomic E-state index is 12.4. The molecule has 2 fully saturated rings. The summed E-state index contributed by atoms with van der Waals surface area (Å²) in [6, 6.07) is 7.50. The minimum atomic E-state index is -0.323. The number of nitrogens with zero attached hydrogens (tertiary/aromatic N) is 1. The number of amides is 2. The number of ether oxygens (including phenoxy) is 1. The van der Waals surface area contributed by atoms with Crippen LogP contribution in [0.25, 0.3) is 0 Å². The lowest BCUT2D eigenvalue weighted by molar-refractivity contribution is -0.137. The molecule has 0 bridgehead atoms. The topological polar surface area (TPSA) is 58.6 Å². The number of benzene rings is 1. The van der Waals surface area contributed by atoms with Gasteiger partial charge in [0.05, 0.1) is 12.0 Å². The van der Waals surface area contributed by atoms with Crippen LogP contribution >= 0.6 is 11.8 Å². The summed E-state index contributed by atoms with van der Waals surface area (Å²) in [6.45, 7) is 2.64. The van der Waals surface area contributed by atoms with Gasteiger partial charge in [-0.3, -0.25) is 9.59 Å². The summed E-state index contributed by atoms with van der Waals surface area (Å²) in [7, 11) is 1.64. The van der Waals surface area contributed by atoms with Crippen LogP contribution in [0.2, 0.25) is 0 Å². The van der Waals surface area contributed by atoms with Gasteiger partial charge in [-0.05, 0) is 37.5 Å². The molecule has 1 N–H and O–H groups in total. The predicted octanol–water partition coefficient (Wildman–Crippen LogP) is 1.81. The van der Waals surface area contributed by atoms with Crippen LogP contribution < -0.4 is 10.1 Å². The van der Waals surface area contributed by atoms with E-state index in [2.05, 4.69) is 12.2 Å². The van der Waals surface area contributed by atoms with Gasteiger partial charge in [-0.25, -0.2) is 0 Å². The van der Waals surface area contributed by atoms with Gasteiger partial charge in [0.25, 0.3) is 0 Å². The molecule has 124 valence electrons. The molecule has 0 aromatic heterocycles. The molecule has 1 aromatic carbocycles.